The van der Waals surface area contributed by atoms with E-state index in [9.17, 15) is 0 Å². The molecule has 0 saturated carbocycles. The lowest BCUT2D eigenvalue weighted by atomic mass is 10.1. The Kier molecular flexibility index (Phi) is 2.00. The van der Waals surface area contributed by atoms with Gasteiger partial charge in [0.2, 0.25) is 0 Å². The Bertz CT molecular complexity index is 201. The van der Waals surface area contributed by atoms with Crippen molar-refractivity contribution in [1.29, 1.82) is 0 Å². The smallest absolute Gasteiger partial charge is 0.0438 e. The van der Waals surface area contributed by atoms with Gasteiger partial charge in [0.25, 0.3) is 0 Å². The molecule has 0 N–H and O–H groups in total. The lowest BCUT2D eigenvalue weighted by Crippen LogP contribution is -1.82. The summed E-state index contributed by atoms with van der Waals surface area (Å²) in [5, 5.41) is 0.864. The molecule has 0 spiro atoms. The van der Waals surface area contributed by atoms with Gasteiger partial charge in [0.1, 0.15) is 0 Å². The van der Waals surface area contributed by atoms with Crippen LogP contribution >= 0.6 is 11.6 Å². The third-order valence-electron chi connectivity index (χ3n) is 1.77. The summed E-state index contributed by atoms with van der Waals surface area (Å²) in [5.74, 6) is 0. The molecule has 0 aromatic heterocycles. The summed E-state index contributed by atoms with van der Waals surface area (Å²) in [7, 11) is 0. The van der Waals surface area contributed by atoms with Crippen LogP contribution in [0.2, 0.25) is 5.02 Å². The van der Waals surface area contributed by atoms with Crippen molar-refractivity contribution in [1.82, 2.24) is 0 Å². The molecule has 1 rings (SSSR count). The van der Waals surface area contributed by atoms with Crippen molar-refractivity contribution in [2.24, 2.45) is 0 Å². The Hall–Kier alpha value is -0.490. The van der Waals surface area contributed by atoms with Gasteiger partial charge in [-0.05, 0) is 43.5 Å². The van der Waals surface area contributed by atoms with E-state index in [-0.39, 0.29) is 0 Å². The second-order valence-corrected chi connectivity index (χ2v) is 3.09. The van der Waals surface area contributed by atoms with Gasteiger partial charge < -0.3 is 0 Å². The molecule has 1 aromatic carbocycles. The van der Waals surface area contributed by atoms with E-state index in [0.29, 0.717) is 0 Å². The first-order valence-electron chi connectivity index (χ1n) is 3.34. The maximum Gasteiger partial charge on any atom is 0.0438 e. The summed E-state index contributed by atoms with van der Waals surface area (Å²) in [6.07, 6.45) is 0. The van der Waals surface area contributed by atoms with E-state index in [4.69, 9.17) is 11.6 Å². The number of halogens is 1. The Morgan fingerprint density at radius 1 is 0.900 bits per heavy atom. The molecule has 1 heteroatoms. The maximum absolute atomic E-state index is 5.89. The zero-order valence-corrected chi connectivity index (χ0v) is 7.29. The predicted octanol–water partition coefficient (Wildman–Crippen LogP) is 3.27. The van der Waals surface area contributed by atoms with Crippen LogP contribution in [-0.2, 0) is 0 Å². The highest BCUT2D eigenvalue weighted by atomic mass is 35.5. The van der Waals surface area contributed by atoms with E-state index in [0.717, 1.165) is 10.6 Å². The van der Waals surface area contributed by atoms with Gasteiger partial charge in [-0.25, -0.2) is 0 Å². The van der Waals surface area contributed by atoms with Crippen LogP contribution in [0.5, 0.6) is 0 Å². The van der Waals surface area contributed by atoms with Crippen molar-refractivity contribution in [3.05, 3.63) is 33.8 Å². The molecule has 1 aromatic rings. The number of aryl methyl sites for hydroxylation is 3. The molecule has 0 bridgehead atoms. The van der Waals surface area contributed by atoms with Gasteiger partial charge in [-0.15, -0.1) is 0 Å². The molecule has 0 saturated heterocycles. The molecule has 0 heterocycles. The summed E-state index contributed by atoms with van der Waals surface area (Å²) in [5.41, 5.74) is 3.72. The zero-order chi connectivity index (χ0) is 7.72. The average molecular weight is 155 g/mol. The third-order valence-corrected chi connectivity index (χ3v) is 2.18. The Labute approximate surface area is 66.8 Å². The fourth-order valence-corrected chi connectivity index (χ4v) is 1.14. The number of rotatable bonds is 0. The van der Waals surface area contributed by atoms with Gasteiger partial charge in [0.15, 0.2) is 0 Å². The molecule has 0 radical (unpaired) electrons. The topological polar surface area (TPSA) is 0 Å². The van der Waals surface area contributed by atoms with Gasteiger partial charge >= 0.3 is 0 Å². The van der Waals surface area contributed by atoms with Crippen LogP contribution in [0.1, 0.15) is 16.7 Å². The van der Waals surface area contributed by atoms with Gasteiger partial charge in [0, 0.05) is 5.02 Å². The molecular weight excluding hydrogens is 144 g/mol. The summed E-state index contributed by atoms with van der Waals surface area (Å²) >= 11 is 5.89. The highest BCUT2D eigenvalue weighted by Crippen LogP contribution is 2.19. The van der Waals surface area contributed by atoms with Crippen molar-refractivity contribution >= 4 is 11.6 Å². The predicted molar refractivity (Wildman–Crippen MR) is 45.7 cm³/mol. The van der Waals surface area contributed by atoms with Gasteiger partial charge in [-0.1, -0.05) is 17.7 Å². The highest BCUT2D eigenvalue weighted by molar-refractivity contribution is 6.31. The molecule has 0 amide bonds. The van der Waals surface area contributed by atoms with Crippen LogP contribution in [-0.4, -0.2) is 0 Å². The van der Waals surface area contributed by atoms with Gasteiger partial charge in [-0.3, -0.25) is 0 Å². The van der Waals surface area contributed by atoms with Gasteiger partial charge in [0.05, 0.1) is 0 Å². The van der Waals surface area contributed by atoms with Crippen LogP contribution in [0.4, 0.5) is 0 Å². The SMILES string of the molecule is Cc1cc(C)c(Cl)cc1C. The summed E-state index contributed by atoms with van der Waals surface area (Å²) in [6, 6.07) is 4.11. The van der Waals surface area contributed by atoms with Crippen molar-refractivity contribution in [2.75, 3.05) is 0 Å². The van der Waals surface area contributed by atoms with Crippen LogP contribution in [0, 0.1) is 20.8 Å². The average Bonchev–Trinajstić information content (AvgIpc) is 1.84. The fourth-order valence-electron chi connectivity index (χ4n) is 0.925. The first kappa shape index (κ1) is 7.62. The Morgan fingerprint density at radius 3 is 1.90 bits per heavy atom. The number of hydrogen-bond donors (Lipinski definition) is 0. The monoisotopic (exact) mass is 154 g/mol. The largest absolute Gasteiger partial charge is 0.0840 e. The normalized spacial score (nSPS) is 10.0. The summed E-state index contributed by atoms with van der Waals surface area (Å²) in [6.45, 7) is 6.19. The summed E-state index contributed by atoms with van der Waals surface area (Å²) < 4.78 is 0. The Morgan fingerprint density at radius 2 is 1.40 bits per heavy atom. The molecule has 0 nitrogen and oxygen atoms in total. The molecule has 0 aliphatic heterocycles. The highest BCUT2D eigenvalue weighted by Gasteiger charge is 1.97. The van der Waals surface area contributed by atoms with Crippen molar-refractivity contribution in [3.63, 3.8) is 0 Å². The van der Waals surface area contributed by atoms with Crippen molar-refractivity contribution < 1.29 is 0 Å². The van der Waals surface area contributed by atoms with E-state index >= 15 is 0 Å². The second-order valence-electron chi connectivity index (χ2n) is 2.69. The standard InChI is InChI=1S/C9H11Cl/c1-6-4-8(3)9(10)5-7(6)2/h4-5H,1-3H3. The van der Waals surface area contributed by atoms with Crippen molar-refractivity contribution in [3.8, 4) is 0 Å². The van der Waals surface area contributed by atoms with Crippen LogP contribution < -0.4 is 0 Å². The van der Waals surface area contributed by atoms with Crippen LogP contribution in [0.25, 0.3) is 0 Å². The van der Waals surface area contributed by atoms with Gasteiger partial charge in [-0.2, -0.15) is 0 Å². The van der Waals surface area contributed by atoms with E-state index in [1.807, 2.05) is 13.0 Å². The first-order valence-corrected chi connectivity index (χ1v) is 3.72. The minimum Gasteiger partial charge on any atom is -0.0840 e. The third kappa shape index (κ3) is 1.32. The fraction of sp³-hybridized carbons (Fsp3) is 0.333. The van der Waals surface area contributed by atoms with Crippen LogP contribution in [0.15, 0.2) is 12.1 Å². The molecule has 0 unspecified atom stereocenters. The zero-order valence-electron chi connectivity index (χ0n) is 6.53. The molecular formula is C9H11Cl. The first-order chi connectivity index (χ1) is 4.61. The molecule has 0 aliphatic carbocycles. The number of hydrogen-bond acceptors (Lipinski definition) is 0. The molecule has 0 atom stereocenters. The second kappa shape index (κ2) is 2.63. The van der Waals surface area contributed by atoms with E-state index in [1.165, 1.54) is 11.1 Å². The minimum atomic E-state index is 0.864. The quantitative estimate of drug-likeness (QED) is 0.538. The Balaban J connectivity index is 3.28. The minimum absolute atomic E-state index is 0.864. The van der Waals surface area contributed by atoms with Crippen LogP contribution in [0.3, 0.4) is 0 Å². The maximum atomic E-state index is 5.89. The number of benzene rings is 1. The molecule has 10 heavy (non-hydrogen) atoms. The summed E-state index contributed by atoms with van der Waals surface area (Å²) in [4.78, 5) is 0. The van der Waals surface area contributed by atoms with E-state index in [2.05, 4.69) is 19.9 Å². The molecule has 0 fully saturated rings. The molecule has 0 aliphatic rings. The van der Waals surface area contributed by atoms with Crippen molar-refractivity contribution in [2.45, 2.75) is 20.8 Å². The lowest BCUT2D eigenvalue weighted by Gasteiger charge is -2.02. The lowest BCUT2D eigenvalue weighted by molar-refractivity contribution is 1.30. The van der Waals surface area contributed by atoms with E-state index < -0.39 is 0 Å². The van der Waals surface area contributed by atoms with E-state index in [1.54, 1.807) is 0 Å². The molecule has 54 valence electrons.